The zero-order chi connectivity index (χ0) is 24.2. The van der Waals surface area contributed by atoms with Crippen LogP contribution in [-0.2, 0) is 20.0 Å². The zero-order valence-electron chi connectivity index (χ0n) is 20.1. The van der Waals surface area contributed by atoms with Gasteiger partial charge in [-0.25, -0.2) is 4.98 Å². The van der Waals surface area contributed by atoms with E-state index >= 15 is 0 Å². The smallest absolute Gasteiger partial charge is 0.213 e. The topological polar surface area (TPSA) is 85.2 Å². The highest BCUT2D eigenvalue weighted by molar-refractivity contribution is 5.82. The highest BCUT2D eigenvalue weighted by Crippen LogP contribution is 2.27. The Morgan fingerprint density at radius 3 is 2.89 bits per heavy atom. The number of aryl methyl sites for hydroxylation is 1. The van der Waals surface area contributed by atoms with E-state index in [1.807, 2.05) is 60.3 Å². The van der Waals surface area contributed by atoms with Gasteiger partial charge in [-0.2, -0.15) is 5.10 Å². The second kappa shape index (κ2) is 10.2. The lowest BCUT2D eigenvalue weighted by Gasteiger charge is -2.42. The summed E-state index contributed by atoms with van der Waals surface area (Å²) in [5, 5.41) is 13.1. The Kier molecular flexibility index (Phi) is 6.72. The van der Waals surface area contributed by atoms with E-state index < -0.39 is 0 Å². The first-order valence-corrected chi connectivity index (χ1v) is 12.0. The molecule has 0 bridgehead atoms. The molecular weight excluding hydrogens is 440 g/mol. The molecule has 0 saturated carbocycles. The molecular formula is C27H30N6O2. The minimum Gasteiger partial charge on any atom is -0.481 e. The van der Waals surface area contributed by atoms with E-state index in [0.29, 0.717) is 12.4 Å². The number of nitrogens with one attached hydrogen (secondary N) is 1. The molecule has 8 nitrogen and oxygen atoms in total. The van der Waals surface area contributed by atoms with Crippen molar-refractivity contribution in [1.82, 2.24) is 25.1 Å². The van der Waals surface area contributed by atoms with Crippen LogP contribution in [0.4, 0.5) is 5.82 Å². The number of pyridine rings is 2. The van der Waals surface area contributed by atoms with Crippen LogP contribution in [0.1, 0.15) is 24.0 Å². The van der Waals surface area contributed by atoms with Crippen LogP contribution in [-0.4, -0.2) is 45.5 Å². The molecule has 1 aliphatic rings. The highest BCUT2D eigenvalue weighted by atomic mass is 16.5. The molecule has 1 N–H and O–H groups in total. The van der Waals surface area contributed by atoms with Crippen LogP contribution < -0.4 is 20.4 Å². The predicted molar refractivity (Wildman–Crippen MR) is 137 cm³/mol. The lowest BCUT2D eigenvalue weighted by atomic mass is 9.90. The Morgan fingerprint density at radius 1 is 1.14 bits per heavy atom. The fourth-order valence-corrected chi connectivity index (χ4v) is 5.11. The Labute approximate surface area is 204 Å². The molecule has 0 aliphatic carbocycles. The molecule has 1 aromatic carbocycles. The molecule has 3 aromatic heterocycles. The third-order valence-electron chi connectivity index (χ3n) is 6.84. The summed E-state index contributed by atoms with van der Waals surface area (Å²) in [6, 6.07) is 16.0. The molecule has 8 heteroatoms. The van der Waals surface area contributed by atoms with Crippen LogP contribution in [0.15, 0.2) is 71.9 Å². The molecule has 180 valence electrons. The molecule has 35 heavy (non-hydrogen) atoms. The number of anilines is 1. The van der Waals surface area contributed by atoms with Crippen molar-refractivity contribution in [3.63, 3.8) is 0 Å². The first-order chi connectivity index (χ1) is 17.1. The van der Waals surface area contributed by atoms with Gasteiger partial charge >= 0.3 is 0 Å². The Hall–Kier alpha value is -3.78. The average molecular weight is 471 g/mol. The van der Waals surface area contributed by atoms with E-state index in [1.165, 1.54) is 0 Å². The Balaban J connectivity index is 1.45. The summed E-state index contributed by atoms with van der Waals surface area (Å²) >= 11 is 0. The monoisotopic (exact) mass is 470 g/mol. The maximum Gasteiger partial charge on any atom is 0.213 e. The van der Waals surface area contributed by atoms with Crippen molar-refractivity contribution in [3.05, 3.63) is 88.5 Å². The van der Waals surface area contributed by atoms with Gasteiger partial charge in [0.05, 0.1) is 18.0 Å². The van der Waals surface area contributed by atoms with Gasteiger partial charge < -0.3 is 19.5 Å². The van der Waals surface area contributed by atoms with Gasteiger partial charge in [-0.05, 0) is 54.7 Å². The predicted octanol–water partition coefficient (Wildman–Crippen LogP) is 3.10. The Morgan fingerprint density at radius 2 is 2.06 bits per heavy atom. The van der Waals surface area contributed by atoms with Crippen molar-refractivity contribution in [3.8, 4) is 5.88 Å². The van der Waals surface area contributed by atoms with E-state index in [0.717, 1.165) is 53.7 Å². The van der Waals surface area contributed by atoms with Crippen molar-refractivity contribution in [1.29, 1.82) is 0 Å². The fourth-order valence-electron chi connectivity index (χ4n) is 5.11. The molecule has 0 spiro atoms. The van der Waals surface area contributed by atoms with Crippen LogP contribution in [0, 0.1) is 0 Å². The fraction of sp³-hybridized carbons (Fsp3) is 0.333. The third kappa shape index (κ3) is 4.88. The number of hydrogen-bond donors (Lipinski definition) is 1. The second-order valence-corrected chi connectivity index (χ2v) is 8.98. The van der Waals surface area contributed by atoms with Crippen molar-refractivity contribution in [2.24, 2.45) is 7.05 Å². The second-order valence-electron chi connectivity index (χ2n) is 8.98. The number of fused-ring (bicyclic) bond motifs is 1. The van der Waals surface area contributed by atoms with Crippen LogP contribution in [0.5, 0.6) is 5.88 Å². The minimum absolute atomic E-state index is 0.0563. The molecule has 1 saturated heterocycles. The van der Waals surface area contributed by atoms with Gasteiger partial charge in [0.1, 0.15) is 0 Å². The lowest BCUT2D eigenvalue weighted by molar-refractivity contribution is 0.334. The van der Waals surface area contributed by atoms with Crippen molar-refractivity contribution in [2.75, 3.05) is 18.6 Å². The molecule has 0 amide bonds. The maximum atomic E-state index is 12.7. The molecule has 1 fully saturated rings. The zero-order valence-corrected chi connectivity index (χ0v) is 20.1. The highest BCUT2D eigenvalue weighted by Gasteiger charge is 2.32. The van der Waals surface area contributed by atoms with Gasteiger partial charge in [-0.15, -0.1) is 5.10 Å². The van der Waals surface area contributed by atoms with Crippen LogP contribution in [0.3, 0.4) is 0 Å². The summed E-state index contributed by atoms with van der Waals surface area (Å²) in [7, 11) is 3.61. The summed E-state index contributed by atoms with van der Waals surface area (Å²) in [5.41, 5.74) is 3.18. The summed E-state index contributed by atoms with van der Waals surface area (Å²) in [6.45, 7) is 1.53. The quantitative estimate of drug-likeness (QED) is 0.444. The molecule has 1 aliphatic heterocycles. The van der Waals surface area contributed by atoms with E-state index in [4.69, 9.17) is 4.74 Å². The first-order valence-electron chi connectivity index (χ1n) is 12.0. The molecule has 2 unspecified atom stereocenters. The van der Waals surface area contributed by atoms with Gasteiger partial charge in [0.25, 0.3) is 0 Å². The van der Waals surface area contributed by atoms with Crippen LogP contribution in [0.2, 0.25) is 0 Å². The molecule has 0 radical (unpaired) electrons. The number of piperidine rings is 1. The minimum atomic E-state index is 0.0563. The summed E-state index contributed by atoms with van der Waals surface area (Å²) in [6.07, 6.45) is 8.20. The van der Waals surface area contributed by atoms with E-state index in [2.05, 4.69) is 25.4 Å². The normalized spacial score (nSPS) is 18.1. The molecule has 5 rings (SSSR count). The van der Waals surface area contributed by atoms with Crippen LogP contribution in [0.25, 0.3) is 10.9 Å². The number of methoxy groups -OCH3 is 1. The summed E-state index contributed by atoms with van der Waals surface area (Å²) in [5.74, 6) is 1.49. The van der Waals surface area contributed by atoms with E-state index in [1.54, 1.807) is 25.6 Å². The van der Waals surface area contributed by atoms with E-state index in [-0.39, 0.29) is 17.5 Å². The third-order valence-corrected chi connectivity index (χ3v) is 6.84. The van der Waals surface area contributed by atoms with Crippen molar-refractivity contribution < 1.29 is 4.74 Å². The van der Waals surface area contributed by atoms with Crippen molar-refractivity contribution in [2.45, 2.75) is 37.9 Å². The summed E-state index contributed by atoms with van der Waals surface area (Å²) in [4.78, 5) is 19.3. The van der Waals surface area contributed by atoms with Gasteiger partial charge in [0.2, 0.25) is 5.88 Å². The number of rotatable bonds is 7. The lowest BCUT2D eigenvalue weighted by Crippen LogP contribution is -2.55. The number of ether oxygens (including phenoxy) is 1. The standard InChI is InChI=1S/C27H30N6O2/c1-32-15-11-24(34)27-20(6-3-8-22(27)32)18-29-21-7-5-14-33(25-9-4-12-30-31-25)23(21)16-19-10-13-28-26(17-19)35-2/h3-4,6,8-13,15,17,21,23,29H,5,7,14,16,18H2,1-2H3. The van der Waals surface area contributed by atoms with Gasteiger partial charge in [-0.3, -0.25) is 4.79 Å². The van der Waals surface area contributed by atoms with Gasteiger partial charge in [0, 0.05) is 62.9 Å². The van der Waals surface area contributed by atoms with Gasteiger partial charge in [0.15, 0.2) is 11.2 Å². The number of aromatic nitrogens is 4. The largest absolute Gasteiger partial charge is 0.481 e. The van der Waals surface area contributed by atoms with Gasteiger partial charge in [-0.1, -0.05) is 12.1 Å². The summed E-state index contributed by atoms with van der Waals surface area (Å²) < 4.78 is 7.35. The van der Waals surface area contributed by atoms with Crippen molar-refractivity contribution >= 4 is 16.7 Å². The number of nitrogens with zero attached hydrogens (tertiary/aromatic N) is 5. The number of benzene rings is 1. The first kappa shape index (κ1) is 23.0. The molecule has 2 atom stereocenters. The van der Waals surface area contributed by atoms with E-state index in [9.17, 15) is 4.79 Å². The number of hydrogen-bond acceptors (Lipinski definition) is 7. The van der Waals surface area contributed by atoms with Crippen LogP contribution >= 0.6 is 0 Å². The average Bonchev–Trinajstić information content (AvgIpc) is 2.90. The maximum absolute atomic E-state index is 12.7. The Bertz CT molecular complexity index is 1360. The molecule has 4 aromatic rings. The molecule has 4 heterocycles. The SMILES string of the molecule is COc1cc(CC2C(NCc3cccc4c3c(=O)ccn4C)CCCN2c2cccnn2)ccn1.